The van der Waals surface area contributed by atoms with Crippen LogP contribution in [0.3, 0.4) is 0 Å². The smallest absolute Gasteiger partial charge is 0.329 e. The van der Waals surface area contributed by atoms with E-state index in [1.165, 1.54) is 28.4 Å². The minimum Gasteiger partial charge on any atom is -0.373 e. The highest BCUT2D eigenvalue weighted by molar-refractivity contribution is 7.14. The molecule has 2 aromatic heterocycles. The van der Waals surface area contributed by atoms with Crippen molar-refractivity contribution in [2.24, 2.45) is 0 Å². The molecule has 0 fully saturated rings. The number of aromatic nitrogens is 1. The number of nitrogens with zero attached hydrogens (tertiary/aromatic N) is 3. The summed E-state index contributed by atoms with van der Waals surface area (Å²) in [6.45, 7) is 10.3. The maximum Gasteiger partial charge on any atom is 0.329 e. The number of halogens is 1. The minimum atomic E-state index is -0.580. The molecular weight excluding hydrogens is 479 g/mol. The molecule has 0 bridgehead atoms. The lowest BCUT2D eigenvalue weighted by Crippen LogP contribution is -2.45. The van der Waals surface area contributed by atoms with E-state index in [-0.39, 0.29) is 23.7 Å². The van der Waals surface area contributed by atoms with Crippen molar-refractivity contribution in [3.05, 3.63) is 57.8 Å². The second-order valence-corrected chi connectivity index (χ2v) is 10.8. The lowest BCUT2D eigenvalue weighted by molar-refractivity contribution is 0.251. The predicted octanol–water partition coefficient (Wildman–Crippen LogP) is 6.46. The molecule has 0 aliphatic carbocycles. The van der Waals surface area contributed by atoms with Crippen LogP contribution in [0.5, 0.6) is 0 Å². The van der Waals surface area contributed by atoms with Crippen molar-refractivity contribution >= 4 is 51.3 Å². The summed E-state index contributed by atoms with van der Waals surface area (Å²) in [5, 5.41) is 11.2. The molecule has 8 nitrogen and oxygen atoms in total. The van der Waals surface area contributed by atoms with Gasteiger partial charge in [-0.1, -0.05) is 20.8 Å². The average Bonchev–Trinajstić information content (AvgIpc) is 3.18. The predicted molar refractivity (Wildman–Crippen MR) is 145 cm³/mol. The number of hydrogen-bond donors (Lipinski definition) is 3. The van der Waals surface area contributed by atoms with Gasteiger partial charge in [0.1, 0.15) is 11.6 Å². The van der Waals surface area contributed by atoms with Gasteiger partial charge in [-0.15, -0.1) is 11.3 Å². The first-order valence-electron chi connectivity index (χ1n) is 11.6. The SMILES string of the molecule is CNc1cc2c(cn1)CN(c1cc(NC(=O)Nc3scc(C(C)(C)C)c3C)c(F)cc1C)C(=O)N2C. The van der Waals surface area contributed by atoms with E-state index in [4.69, 9.17) is 0 Å². The number of aryl methyl sites for hydroxylation is 1. The number of anilines is 5. The number of hydrogen-bond acceptors (Lipinski definition) is 5. The molecule has 0 unspecified atom stereocenters. The van der Waals surface area contributed by atoms with E-state index < -0.39 is 11.8 Å². The molecule has 3 heterocycles. The first-order chi connectivity index (χ1) is 16.9. The van der Waals surface area contributed by atoms with Crippen molar-refractivity contribution in [1.29, 1.82) is 0 Å². The molecule has 1 aliphatic rings. The Balaban J connectivity index is 1.59. The van der Waals surface area contributed by atoms with Crippen LogP contribution < -0.4 is 25.8 Å². The van der Waals surface area contributed by atoms with Crippen LogP contribution in [0.25, 0.3) is 0 Å². The maximum absolute atomic E-state index is 14.9. The van der Waals surface area contributed by atoms with E-state index in [1.807, 2.05) is 18.4 Å². The largest absolute Gasteiger partial charge is 0.373 e. The number of nitrogens with one attached hydrogen (secondary N) is 3. The monoisotopic (exact) mass is 510 g/mol. The topological polar surface area (TPSA) is 89.6 Å². The zero-order chi connectivity index (χ0) is 26.4. The lowest BCUT2D eigenvalue weighted by Gasteiger charge is -2.36. The zero-order valence-electron chi connectivity index (χ0n) is 21.5. The molecule has 0 atom stereocenters. The summed E-state index contributed by atoms with van der Waals surface area (Å²) in [4.78, 5) is 33.5. The third-order valence-electron chi connectivity index (χ3n) is 6.32. The normalized spacial score (nSPS) is 13.5. The first-order valence-corrected chi connectivity index (χ1v) is 12.5. The Bertz CT molecular complexity index is 1350. The van der Waals surface area contributed by atoms with Crippen molar-refractivity contribution in [2.45, 2.75) is 46.6 Å². The molecule has 36 heavy (non-hydrogen) atoms. The second-order valence-electron chi connectivity index (χ2n) is 9.93. The van der Waals surface area contributed by atoms with Gasteiger partial charge in [-0.2, -0.15) is 0 Å². The van der Waals surface area contributed by atoms with E-state index in [0.717, 1.165) is 22.4 Å². The summed E-state index contributed by atoms with van der Waals surface area (Å²) in [5.41, 5.74) is 4.78. The molecule has 0 saturated heterocycles. The van der Waals surface area contributed by atoms with Crippen LogP contribution in [-0.2, 0) is 12.0 Å². The Morgan fingerprint density at radius 3 is 2.50 bits per heavy atom. The van der Waals surface area contributed by atoms with Crippen LogP contribution >= 0.6 is 11.3 Å². The van der Waals surface area contributed by atoms with E-state index in [0.29, 0.717) is 22.1 Å². The molecule has 190 valence electrons. The van der Waals surface area contributed by atoms with Crippen LogP contribution in [-0.4, -0.2) is 31.1 Å². The third-order valence-corrected chi connectivity index (χ3v) is 7.32. The molecule has 4 rings (SSSR count). The Kier molecular flexibility index (Phi) is 6.66. The molecule has 3 aromatic rings. The van der Waals surface area contributed by atoms with Crippen LogP contribution in [0.2, 0.25) is 0 Å². The number of thiophene rings is 1. The van der Waals surface area contributed by atoms with Crippen LogP contribution in [0.4, 0.5) is 41.9 Å². The molecule has 1 aromatic carbocycles. The Labute approximate surface area is 214 Å². The van der Waals surface area contributed by atoms with Crippen molar-refractivity contribution in [1.82, 2.24) is 4.98 Å². The number of benzene rings is 1. The fraction of sp³-hybridized carbons (Fsp3) is 0.346. The van der Waals surface area contributed by atoms with Crippen molar-refractivity contribution in [3.8, 4) is 0 Å². The standard InChI is InChI=1S/C26H31FN6O2S/c1-14-8-18(27)19(30-24(34)31-23-15(2)17(13-36-23)26(3,4)5)9-20(14)33-12-16-11-29-22(28-6)10-21(16)32(7)25(33)35/h8-11,13H,12H2,1-7H3,(H,28,29)(H2,30,31,34). The van der Waals surface area contributed by atoms with Gasteiger partial charge in [-0.25, -0.2) is 19.0 Å². The summed E-state index contributed by atoms with van der Waals surface area (Å²) in [6, 6.07) is 3.83. The molecule has 0 radical (unpaired) electrons. The number of rotatable bonds is 4. The number of fused-ring (bicyclic) bond motifs is 1. The highest BCUT2D eigenvalue weighted by Crippen LogP contribution is 2.37. The molecule has 1 aliphatic heterocycles. The zero-order valence-corrected chi connectivity index (χ0v) is 22.4. The highest BCUT2D eigenvalue weighted by atomic mass is 32.1. The number of carbonyl (C=O) groups excluding carboxylic acids is 2. The lowest BCUT2D eigenvalue weighted by atomic mass is 9.87. The third kappa shape index (κ3) is 4.73. The van der Waals surface area contributed by atoms with Gasteiger partial charge >= 0.3 is 12.1 Å². The molecule has 0 saturated carbocycles. The number of carbonyl (C=O) groups is 2. The maximum atomic E-state index is 14.9. The van der Waals surface area contributed by atoms with Gasteiger partial charge in [0.2, 0.25) is 0 Å². The fourth-order valence-electron chi connectivity index (χ4n) is 4.34. The first kappa shape index (κ1) is 25.4. The quantitative estimate of drug-likeness (QED) is 0.376. The summed E-state index contributed by atoms with van der Waals surface area (Å²) in [7, 11) is 3.45. The second kappa shape index (κ2) is 9.42. The number of urea groups is 2. The molecule has 3 N–H and O–H groups in total. The van der Waals surface area contributed by atoms with E-state index in [9.17, 15) is 14.0 Å². The summed E-state index contributed by atoms with van der Waals surface area (Å²) < 4.78 is 14.9. The molecule has 0 spiro atoms. The van der Waals surface area contributed by atoms with Crippen LogP contribution in [0.1, 0.15) is 43.0 Å². The molecular formula is C26H31FN6O2S. The van der Waals surface area contributed by atoms with Gasteiger partial charge in [-0.05, 0) is 53.5 Å². The molecule has 4 amide bonds. The Hall–Kier alpha value is -3.66. The number of amides is 4. The van der Waals surface area contributed by atoms with Gasteiger partial charge in [-0.3, -0.25) is 15.1 Å². The van der Waals surface area contributed by atoms with Crippen LogP contribution in [0, 0.1) is 19.7 Å². The fourth-order valence-corrected chi connectivity index (χ4v) is 5.54. The minimum absolute atomic E-state index is 0.0109. The van der Waals surface area contributed by atoms with Gasteiger partial charge in [0, 0.05) is 31.9 Å². The van der Waals surface area contributed by atoms with Gasteiger partial charge in [0.25, 0.3) is 0 Å². The summed E-state index contributed by atoms with van der Waals surface area (Å²) >= 11 is 1.44. The Morgan fingerprint density at radius 2 is 1.86 bits per heavy atom. The van der Waals surface area contributed by atoms with E-state index in [1.54, 1.807) is 32.1 Å². The van der Waals surface area contributed by atoms with Gasteiger partial charge in [0.15, 0.2) is 0 Å². The number of pyridine rings is 1. The van der Waals surface area contributed by atoms with Crippen molar-refractivity contribution < 1.29 is 14.0 Å². The summed E-state index contributed by atoms with van der Waals surface area (Å²) in [5.74, 6) is 0.0798. The highest BCUT2D eigenvalue weighted by Gasteiger charge is 2.31. The van der Waals surface area contributed by atoms with E-state index >= 15 is 0 Å². The average molecular weight is 511 g/mol. The van der Waals surface area contributed by atoms with Gasteiger partial charge < -0.3 is 10.6 Å². The Morgan fingerprint density at radius 1 is 1.14 bits per heavy atom. The van der Waals surface area contributed by atoms with Gasteiger partial charge in [0.05, 0.1) is 28.6 Å². The van der Waals surface area contributed by atoms with Crippen molar-refractivity contribution in [2.75, 3.05) is 39.8 Å². The van der Waals surface area contributed by atoms with E-state index in [2.05, 4.69) is 41.7 Å². The molecule has 10 heteroatoms. The summed E-state index contributed by atoms with van der Waals surface area (Å²) in [6.07, 6.45) is 1.72. The van der Waals surface area contributed by atoms with Crippen LogP contribution in [0.15, 0.2) is 29.8 Å². The van der Waals surface area contributed by atoms with Crippen molar-refractivity contribution in [3.63, 3.8) is 0 Å².